The van der Waals surface area contributed by atoms with E-state index in [-0.39, 0.29) is 11.9 Å². The zero-order valence-corrected chi connectivity index (χ0v) is 14.1. The number of ether oxygens (including phenoxy) is 1. The Bertz CT molecular complexity index is 781. The van der Waals surface area contributed by atoms with E-state index in [1.807, 2.05) is 36.4 Å². The molecule has 0 aliphatic carbocycles. The average molecular weight is 323 g/mol. The van der Waals surface area contributed by atoms with Crippen LogP contribution < -0.4 is 4.74 Å². The van der Waals surface area contributed by atoms with Crippen LogP contribution in [-0.4, -0.2) is 24.6 Å². The van der Waals surface area contributed by atoms with Gasteiger partial charge in [-0.25, -0.2) is 4.39 Å². The van der Waals surface area contributed by atoms with E-state index in [1.54, 1.807) is 7.11 Å². The third kappa shape index (κ3) is 2.44. The largest absolute Gasteiger partial charge is 0.497 e. The highest BCUT2D eigenvalue weighted by Gasteiger charge is 2.38. The monoisotopic (exact) mass is 323 g/mol. The second-order valence-corrected chi connectivity index (χ2v) is 6.70. The normalized spacial score (nSPS) is 23.6. The number of hydrogen-bond donors (Lipinski definition) is 0. The number of fused-ring (bicyclic) bond motifs is 3. The lowest BCUT2D eigenvalue weighted by atomic mass is 9.83. The van der Waals surface area contributed by atoms with E-state index >= 15 is 4.39 Å². The number of rotatable bonds is 2. The van der Waals surface area contributed by atoms with Crippen molar-refractivity contribution in [2.75, 3.05) is 13.7 Å². The molecule has 0 N–H and O–H groups in total. The smallest absolute Gasteiger partial charge is 0.125 e. The van der Waals surface area contributed by atoms with Crippen molar-refractivity contribution in [2.45, 2.75) is 31.8 Å². The van der Waals surface area contributed by atoms with Gasteiger partial charge in [0, 0.05) is 12.6 Å². The molecule has 124 valence electrons. The van der Waals surface area contributed by atoms with Gasteiger partial charge in [-0.2, -0.15) is 0 Å². The summed E-state index contributed by atoms with van der Waals surface area (Å²) in [6.45, 7) is 3.13. The van der Waals surface area contributed by atoms with E-state index < -0.39 is 0 Å². The zero-order valence-electron chi connectivity index (χ0n) is 14.1. The quantitative estimate of drug-likeness (QED) is 0.789. The minimum atomic E-state index is -0.240. The topological polar surface area (TPSA) is 12.5 Å². The minimum absolute atomic E-state index is 0.00502. The zero-order chi connectivity index (χ0) is 16.7. The van der Waals surface area contributed by atoms with Crippen LogP contribution in [0.5, 0.6) is 5.75 Å². The summed E-state index contributed by atoms with van der Waals surface area (Å²) >= 11 is 0. The third-order valence-electron chi connectivity index (χ3n) is 5.35. The molecular weight excluding hydrogens is 301 g/mol. The van der Waals surface area contributed by atoms with Crippen LogP contribution in [0.15, 0.2) is 54.4 Å². The first kappa shape index (κ1) is 15.4. The van der Waals surface area contributed by atoms with E-state index in [1.165, 1.54) is 5.56 Å². The Balaban J connectivity index is 1.81. The highest BCUT2D eigenvalue weighted by molar-refractivity contribution is 5.71. The van der Waals surface area contributed by atoms with Crippen molar-refractivity contribution in [3.63, 3.8) is 0 Å². The van der Waals surface area contributed by atoms with Crippen LogP contribution in [0.25, 0.3) is 5.57 Å². The van der Waals surface area contributed by atoms with Crippen molar-refractivity contribution in [2.24, 2.45) is 0 Å². The molecule has 0 fully saturated rings. The first-order valence-corrected chi connectivity index (χ1v) is 8.55. The van der Waals surface area contributed by atoms with Crippen LogP contribution in [0, 0.1) is 0 Å². The lowest BCUT2D eigenvalue weighted by Gasteiger charge is -2.44. The van der Waals surface area contributed by atoms with Gasteiger partial charge in [-0.3, -0.25) is 4.90 Å². The standard InChI is InChI=1S/C21H22FNO/c1-14-13-19(16-7-9-17(24-2)10-8-16)20(22)21-18-6-4-3-5-15(18)11-12-23(14)21/h3-10,14,21H,11-13H2,1-2H3/t14-,21+/m0/s1. The maximum absolute atomic E-state index is 15.5. The fourth-order valence-electron chi connectivity index (χ4n) is 4.07. The Kier molecular flexibility index (Phi) is 3.89. The van der Waals surface area contributed by atoms with Gasteiger partial charge in [0.05, 0.1) is 13.2 Å². The van der Waals surface area contributed by atoms with Gasteiger partial charge in [-0.15, -0.1) is 0 Å². The van der Waals surface area contributed by atoms with E-state index in [2.05, 4.69) is 24.0 Å². The Hall–Kier alpha value is -2.13. The summed E-state index contributed by atoms with van der Waals surface area (Å²) in [5, 5.41) is 0. The molecule has 0 unspecified atom stereocenters. The second-order valence-electron chi connectivity index (χ2n) is 6.70. The van der Waals surface area contributed by atoms with Crippen molar-refractivity contribution in [3.8, 4) is 5.75 Å². The van der Waals surface area contributed by atoms with Gasteiger partial charge < -0.3 is 4.74 Å². The van der Waals surface area contributed by atoms with Crippen LogP contribution in [0.1, 0.15) is 36.1 Å². The molecular formula is C21H22FNO. The van der Waals surface area contributed by atoms with Crippen LogP contribution >= 0.6 is 0 Å². The van der Waals surface area contributed by atoms with Gasteiger partial charge in [0.15, 0.2) is 0 Å². The van der Waals surface area contributed by atoms with Crippen molar-refractivity contribution < 1.29 is 9.13 Å². The van der Waals surface area contributed by atoms with Crippen molar-refractivity contribution in [3.05, 3.63) is 71.0 Å². The van der Waals surface area contributed by atoms with Crippen LogP contribution in [0.4, 0.5) is 4.39 Å². The highest BCUT2D eigenvalue weighted by atomic mass is 19.1. The Morgan fingerprint density at radius 2 is 1.83 bits per heavy atom. The molecule has 2 aliphatic rings. The highest BCUT2D eigenvalue weighted by Crippen LogP contribution is 2.46. The molecule has 2 atom stereocenters. The number of benzene rings is 2. The molecule has 2 aromatic rings. The molecule has 0 radical (unpaired) electrons. The van der Waals surface area contributed by atoms with Crippen LogP contribution in [0.3, 0.4) is 0 Å². The molecule has 0 saturated heterocycles. The third-order valence-corrected chi connectivity index (χ3v) is 5.35. The van der Waals surface area contributed by atoms with Gasteiger partial charge in [0.25, 0.3) is 0 Å². The molecule has 0 saturated carbocycles. The minimum Gasteiger partial charge on any atom is -0.497 e. The SMILES string of the molecule is COc1ccc(C2=C(F)[C@H]3c4ccccc4CCN3[C@@H](C)C2)cc1. The van der Waals surface area contributed by atoms with Crippen molar-refractivity contribution in [1.82, 2.24) is 4.90 Å². The molecule has 3 heteroatoms. The van der Waals surface area contributed by atoms with Crippen LogP contribution in [0.2, 0.25) is 0 Å². The van der Waals surface area contributed by atoms with E-state index in [0.717, 1.165) is 41.8 Å². The first-order valence-electron chi connectivity index (χ1n) is 8.55. The molecule has 0 spiro atoms. The molecule has 2 nitrogen and oxygen atoms in total. The molecule has 0 bridgehead atoms. The summed E-state index contributed by atoms with van der Waals surface area (Å²) in [5.41, 5.74) is 4.20. The van der Waals surface area contributed by atoms with E-state index in [9.17, 15) is 0 Å². The van der Waals surface area contributed by atoms with Crippen LogP contribution in [-0.2, 0) is 6.42 Å². The molecule has 24 heavy (non-hydrogen) atoms. The summed E-state index contributed by atoms with van der Waals surface area (Å²) in [6, 6.07) is 16.1. The molecule has 0 amide bonds. The predicted octanol–water partition coefficient (Wildman–Crippen LogP) is 4.77. The number of methoxy groups -OCH3 is 1. The summed E-state index contributed by atoms with van der Waals surface area (Å²) in [5.74, 6) is 0.804. The molecule has 4 rings (SSSR count). The maximum atomic E-state index is 15.5. The number of halogens is 1. The predicted molar refractivity (Wildman–Crippen MR) is 94.7 cm³/mol. The molecule has 2 aliphatic heterocycles. The number of hydrogen-bond acceptors (Lipinski definition) is 2. The fourth-order valence-corrected chi connectivity index (χ4v) is 4.07. The Labute approximate surface area is 142 Å². The van der Waals surface area contributed by atoms with Crippen molar-refractivity contribution >= 4 is 5.57 Å². The van der Waals surface area contributed by atoms with Crippen molar-refractivity contribution in [1.29, 1.82) is 0 Å². The Morgan fingerprint density at radius 1 is 1.08 bits per heavy atom. The summed E-state index contributed by atoms with van der Waals surface area (Å²) in [4.78, 5) is 2.31. The fraction of sp³-hybridized carbons (Fsp3) is 0.333. The van der Waals surface area contributed by atoms with Gasteiger partial charge in [0.2, 0.25) is 0 Å². The van der Waals surface area contributed by atoms with Gasteiger partial charge in [-0.05, 0) is 54.2 Å². The molecule has 0 aromatic heterocycles. The first-order chi connectivity index (χ1) is 11.7. The number of nitrogens with zero attached hydrogens (tertiary/aromatic N) is 1. The van der Waals surface area contributed by atoms with Gasteiger partial charge in [0.1, 0.15) is 11.6 Å². The summed E-state index contributed by atoms with van der Waals surface area (Å²) in [7, 11) is 1.65. The Morgan fingerprint density at radius 3 is 2.58 bits per heavy atom. The molecule has 2 heterocycles. The van der Waals surface area contributed by atoms with E-state index in [4.69, 9.17) is 4.74 Å². The lowest BCUT2D eigenvalue weighted by Crippen LogP contribution is -2.44. The van der Waals surface area contributed by atoms with Gasteiger partial charge >= 0.3 is 0 Å². The lowest BCUT2D eigenvalue weighted by molar-refractivity contribution is 0.129. The summed E-state index contributed by atoms with van der Waals surface area (Å²) < 4.78 is 20.7. The summed E-state index contributed by atoms with van der Waals surface area (Å²) in [6.07, 6.45) is 1.75. The second kappa shape index (κ2) is 6.06. The molecule has 2 aromatic carbocycles. The average Bonchev–Trinajstić information content (AvgIpc) is 2.64. The maximum Gasteiger partial charge on any atom is 0.125 e. The van der Waals surface area contributed by atoms with E-state index in [0.29, 0.717) is 6.04 Å². The van der Waals surface area contributed by atoms with Gasteiger partial charge in [-0.1, -0.05) is 36.4 Å².